The molecular formula is C18H18ClFN2O3. The third kappa shape index (κ3) is 4.33. The first-order chi connectivity index (χ1) is 12.0. The zero-order chi connectivity index (χ0) is 17.8. The standard InChI is InChI=1S/C18H18ClFN2O3/c1-11(18(23)22-15-5-3-12(19)9-14(15)20)21-13-4-6-16-17(10-13)25-8-2-7-24-16/h3-6,9-11,21H,2,7-8H2,1H3,(H,22,23). The highest BCUT2D eigenvalue weighted by Gasteiger charge is 2.17. The summed E-state index contributed by atoms with van der Waals surface area (Å²) in [7, 11) is 0. The molecule has 132 valence electrons. The highest BCUT2D eigenvalue weighted by atomic mass is 35.5. The van der Waals surface area contributed by atoms with Gasteiger partial charge in [-0.15, -0.1) is 0 Å². The highest BCUT2D eigenvalue weighted by molar-refractivity contribution is 6.30. The van der Waals surface area contributed by atoms with Crippen LogP contribution in [0, 0.1) is 5.82 Å². The lowest BCUT2D eigenvalue weighted by molar-refractivity contribution is -0.116. The maximum absolute atomic E-state index is 13.8. The number of carbonyl (C=O) groups excluding carboxylic acids is 1. The minimum absolute atomic E-state index is 0.0849. The number of rotatable bonds is 4. The van der Waals surface area contributed by atoms with Crippen LogP contribution in [0.2, 0.25) is 5.02 Å². The fourth-order valence-electron chi connectivity index (χ4n) is 2.40. The second-order valence-electron chi connectivity index (χ2n) is 5.69. The molecule has 1 atom stereocenters. The van der Waals surface area contributed by atoms with E-state index < -0.39 is 11.9 Å². The number of ether oxygens (including phenoxy) is 2. The van der Waals surface area contributed by atoms with Gasteiger partial charge in [-0.05, 0) is 37.3 Å². The first kappa shape index (κ1) is 17.4. The van der Waals surface area contributed by atoms with Crippen LogP contribution in [-0.4, -0.2) is 25.2 Å². The molecule has 0 radical (unpaired) electrons. The molecule has 1 unspecified atom stereocenters. The molecule has 5 nitrogen and oxygen atoms in total. The van der Waals surface area contributed by atoms with Crippen molar-refractivity contribution in [2.75, 3.05) is 23.8 Å². The zero-order valence-electron chi connectivity index (χ0n) is 13.6. The maximum atomic E-state index is 13.8. The van der Waals surface area contributed by atoms with Crippen molar-refractivity contribution in [3.63, 3.8) is 0 Å². The first-order valence-electron chi connectivity index (χ1n) is 7.95. The minimum Gasteiger partial charge on any atom is -0.490 e. The Balaban J connectivity index is 1.66. The molecule has 1 aliphatic heterocycles. The molecule has 0 aromatic heterocycles. The van der Waals surface area contributed by atoms with Gasteiger partial charge >= 0.3 is 0 Å². The van der Waals surface area contributed by atoms with Gasteiger partial charge in [0.25, 0.3) is 0 Å². The maximum Gasteiger partial charge on any atom is 0.246 e. The van der Waals surface area contributed by atoms with E-state index in [0.717, 1.165) is 12.5 Å². The van der Waals surface area contributed by atoms with E-state index in [1.807, 2.05) is 0 Å². The number of amides is 1. The summed E-state index contributed by atoms with van der Waals surface area (Å²) in [5, 5.41) is 5.88. The summed E-state index contributed by atoms with van der Waals surface area (Å²) in [6.45, 7) is 2.89. The monoisotopic (exact) mass is 364 g/mol. The molecule has 2 aromatic carbocycles. The van der Waals surface area contributed by atoms with Crippen molar-refractivity contribution in [2.24, 2.45) is 0 Å². The number of nitrogens with one attached hydrogen (secondary N) is 2. The highest BCUT2D eigenvalue weighted by Crippen LogP contribution is 2.32. The van der Waals surface area contributed by atoms with Gasteiger partial charge in [-0.1, -0.05) is 11.6 Å². The molecule has 0 aliphatic carbocycles. The van der Waals surface area contributed by atoms with Crippen molar-refractivity contribution in [1.29, 1.82) is 0 Å². The summed E-state index contributed by atoms with van der Waals surface area (Å²) in [6.07, 6.45) is 0.822. The second-order valence-corrected chi connectivity index (χ2v) is 6.13. The average molecular weight is 365 g/mol. The van der Waals surface area contributed by atoms with Crippen molar-refractivity contribution in [2.45, 2.75) is 19.4 Å². The lowest BCUT2D eigenvalue weighted by atomic mass is 10.2. The van der Waals surface area contributed by atoms with Crippen LogP contribution in [0.4, 0.5) is 15.8 Å². The summed E-state index contributed by atoms with van der Waals surface area (Å²) in [5.74, 6) is 0.374. The third-order valence-corrected chi connectivity index (χ3v) is 3.95. The molecule has 0 saturated heterocycles. The van der Waals surface area contributed by atoms with Crippen LogP contribution >= 0.6 is 11.6 Å². The van der Waals surface area contributed by atoms with Crippen LogP contribution in [0.3, 0.4) is 0 Å². The molecule has 2 N–H and O–H groups in total. The van der Waals surface area contributed by atoms with Gasteiger partial charge < -0.3 is 20.1 Å². The van der Waals surface area contributed by atoms with E-state index in [1.54, 1.807) is 25.1 Å². The summed E-state index contributed by atoms with van der Waals surface area (Å²) in [4.78, 5) is 12.3. The summed E-state index contributed by atoms with van der Waals surface area (Å²) in [6, 6.07) is 8.90. The predicted octanol–water partition coefficient (Wildman–Crippen LogP) is 4.08. The lowest BCUT2D eigenvalue weighted by Gasteiger charge is -2.17. The molecule has 2 aromatic rings. The molecule has 0 bridgehead atoms. The quantitative estimate of drug-likeness (QED) is 0.858. The van der Waals surface area contributed by atoms with E-state index in [4.69, 9.17) is 21.1 Å². The molecule has 0 spiro atoms. The topological polar surface area (TPSA) is 59.6 Å². The SMILES string of the molecule is CC(Nc1ccc2c(c1)OCCCO2)C(=O)Nc1ccc(Cl)cc1F. The zero-order valence-corrected chi connectivity index (χ0v) is 14.4. The molecule has 1 amide bonds. The normalized spacial score (nSPS) is 14.4. The van der Waals surface area contributed by atoms with Crippen LogP contribution in [0.15, 0.2) is 36.4 Å². The molecule has 25 heavy (non-hydrogen) atoms. The largest absolute Gasteiger partial charge is 0.490 e. The average Bonchev–Trinajstić information content (AvgIpc) is 2.82. The van der Waals surface area contributed by atoms with Crippen molar-refractivity contribution in [3.8, 4) is 11.5 Å². The van der Waals surface area contributed by atoms with Crippen LogP contribution < -0.4 is 20.1 Å². The van der Waals surface area contributed by atoms with E-state index in [9.17, 15) is 9.18 Å². The Morgan fingerprint density at radius 3 is 2.68 bits per heavy atom. The number of anilines is 2. The molecule has 7 heteroatoms. The molecule has 3 rings (SSSR count). The van der Waals surface area contributed by atoms with Gasteiger partial charge in [0.1, 0.15) is 11.9 Å². The van der Waals surface area contributed by atoms with E-state index in [1.165, 1.54) is 12.1 Å². The third-order valence-electron chi connectivity index (χ3n) is 3.71. The van der Waals surface area contributed by atoms with Gasteiger partial charge in [0.05, 0.1) is 18.9 Å². The Morgan fingerprint density at radius 1 is 1.16 bits per heavy atom. The van der Waals surface area contributed by atoms with Crippen LogP contribution in [-0.2, 0) is 4.79 Å². The van der Waals surface area contributed by atoms with E-state index >= 15 is 0 Å². The van der Waals surface area contributed by atoms with E-state index in [-0.39, 0.29) is 16.6 Å². The van der Waals surface area contributed by atoms with Crippen molar-refractivity contribution in [1.82, 2.24) is 0 Å². The Kier molecular flexibility index (Phi) is 5.28. The van der Waals surface area contributed by atoms with Crippen molar-refractivity contribution >= 4 is 28.9 Å². The summed E-state index contributed by atoms with van der Waals surface area (Å²) >= 11 is 5.71. The van der Waals surface area contributed by atoms with Gasteiger partial charge in [-0.3, -0.25) is 4.79 Å². The number of hydrogen-bond donors (Lipinski definition) is 2. The first-order valence-corrected chi connectivity index (χ1v) is 8.33. The molecule has 1 heterocycles. The predicted molar refractivity (Wildman–Crippen MR) is 95.2 cm³/mol. The van der Waals surface area contributed by atoms with Crippen molar-refractivity contribution < 1.29 is 18.7 Å². The van der Waals surface area contributed by atoms with E-state index in [0.29, 0.717) is 30.4 Å². The minimum atomic E-state index is -0.583. The Morgan fingerprint density at radius 2 is 1.92 bits per heavy atom. The fourth-order valence-corrected chi connectivity index (χ4v) is 2.56. The Bertz CT molecular complexity index is 785. The van der Waals surface area contributed by atoms with Crippen LogP contribution in [0.1, 0.15) is 13.3 Å². The van der Waals surface area contributed by atoms with Gasteiger partial charge in [-0.2, -0.15) is 0 Å². The number of fused-ring (bicyclic) bond motifs is 1. The number of hydrogen-bond acceptors (Lipinski definition) is 4. The summed E-state index contributed by atoms with van der Waals surface area (Å²) < 4.78 is 25.0. The van der Waals surface area contributed by atoms with Crippen LogP contribution in [0.25, 0.3) is 0 Å². The Hall–Kier alpha value is -2.47. The summed E-state index contributed by atoms with van der Waals surface area (Å²) in [5.41, 5.74) is 0.796. The van der Waals surface area contributed by atoms with Crippen molar-refractivity contribution in [3.05, 3.63) is 47.2 Å². The second kappa shape index (κ2) is 7.61. The van der Waals surface area contributed by atoms with Gasteiger partial charge in [0.2, 0.25) is 5.91 Å². The fraction of sp³-hybridized carbons (Fsp3) is 0.278. The molecule has 1 aliphatic rings. The Labute approximate surface area is 150 Å². The van der Waals surface area contributed by atoms with Gasteiger partial charge in [0, 0.05) is 23.2 Å². The van der Waals surface area contributed by atoms with Gasteiger partial charge in [0.15, 0.2) is 11.5 Å². The van der Waals surface area contributed by atoms with Crippen LogP contribution in [0.5, 0.6) is 11.5 Å². The number of carbonyl (C=O) groups is 1. The lowest BCUT2D eigenvalue weighted by Crippen LogP contribution is -2.32. The van der Waals surface area contributed by atoms with E-state index in [2.05, 4.69) is 10.6 Å². The number of benzene rings is 2. The molecular weight excluding hydrogens is 347 g/mol. The number of halogens is 2. The molecule has 0 fully saturated rings. The molecule has 0 saturated carbocycles. The van der Waals surface area contributed by atoms with Gasteiger partial charge in [-0.25, -0.2) is 4.39 Å². The smallest absolute Gasteiger partial charge is 0.246 e.